The summed E-state index contributed by atoms with van der Waals surface area (Å²) in [4.78, 5) is 35.5. The van der Waals surface area contributed by atoms with Gasteiger partial charge in [0.05, 0.1) is 0 Å². The van der Waals surface area contributed by atoms with Gasteiger partial charge in [-0.15, -0.1) is 0 Å². The SMILES string of the molecule is CCCn1ccc(=O)n(CC(=O)NC(C)(C)C)c1=O. The van der Waals surface area contributed by atoms with Gasteiger partial charge in [-0.25, -0.2) is 4.79 Å². The molecule has 1 heterocycles. The van der Waals surface area contributed by atoms with E-state index in [1.165, 1.54) is 16.8 Å². The summed E-state index contributed by atoms with van der Waals surface area (Å²) in [7, 11) is 0. The maximum Gasteiger partial charge on any atom is 0.331 e. The van der Waals surface area contributed by atoms with Crippen molar-refractivity contribution in [2.75, 3.05) is 0 Å². The van der Waals surface area contributed by atoms with Crippen LogP contribution in [0.15, 0.2) is 21.9 Å². The van der Waals surface area contributed by atoms with E-state index in [1.807, 2.05) is 27.7 Å². The van der Waals surface area contributed by atoms with Crippen LogP contribution < -0.4 is 16.6 Å². The first-order valence-electron chi connectivity index (χ1n) is 6.36. The van der Waals surface area contributed by atoms with Crippen molar-refractivity contribution in [3.8, 4) is 0 Å². The molecule has 1 amide bonds. The van der Waals surface area contributed by atoms with E-state index in [2.05, 4.69) is 5.32 Å². The number of hydrogen-bond donors (Lipinski definition) is 1. The summed E-state index contributed by atoms with van der Waals surface area (Å²) in [6.07, 6.45) is 2.25. The normalized spacial score (nSPS) is 11.4. The molecule has 0 saturated carbocycles. The van der Waals surface area contributed by atoms with Crippen LogP contribution >= 0.6 is 0 Å². The lowest BCUT2D eigenvalue weighted by Gasteiger charge is -2.20. The molecule has 0 fully saturated rings. The Morgan fingerprint density at radius 2 is 1.95 bits per heavy atom. The Bertz CT molecular complexity index is 564. The first-order chi connectivity index (χ1) is 8.74. The number of aromatic nitrogens is 2. The molecule has 0 aliphatic heterocycles. The Hall–Kier alpha value is -1.85. The average molecular weight is 267 g/mol. The summed E-state index contributed by atoms with van der Waals surface area (Å²) < 4.78 is 2.39. The molecular weight excluding hydrogens is 246 g/mol. The Balaban J connectivity index is 3.01. The molecule has 1 aromatic rings. The molecule has 0 unspecified atom stereocenters. The van der Waals surface area contributed by atoms with E-state index < -0.39 is 16.8 Å². The lowest BCUT2D eigenvalue weighted by Crippen LogP contribution is -2.47. The van der Waals surface area contributed by atoms with Gasteiger partial charge < -0.3 is 9.88 Å². The van der Waals surface area contributed by atoms with Gasteiger partial charge in [0.15, 0.2) is 0 Å². The van der Waals surface area contributed by atoms with Crippen LogP contribution in [0.25, 0.3) is 0 Å². The molecule has 1 rings (SSSR count). The fourth-order valence-corrected chi connectivity index (χ4v) is 1.71. The van der Waals surface area contributed by atoms with Gasteiger partial charge in [0.1, 0.15) is 6.54 Å². The van der Waals surface area contributed by atoms with Crippen molar-refractivity contribution in [3.05, 3.63) is 33.1 Å². The number of rotatable bonds is 4. The summed E-state index contributed by atoms with van der Waals surface area (Å²) in [6.45, 7) is 7.74. The third kappa shape index (κ3) is 4.39. The van der Waals surface area contributed by atoms with Crippen molar-refractivity contribution in [1.29, 1.82) is 0 Å². The van der Waals surface area contributed by atoms with Crippen molar-refractivity contribution < 1.29 is 4.79 Å². The Morgan fingerprint density at radius 1 is 1.32 bits per heavy atom. The third-order valence-corrected chi connectivity index (χ3v) is 2.42. The van der Waals surface area contributed by atoms with Crippen LogP contribution in [0, 0.1) is 0 Å². The van der Waals surface area contributed by atoms with Crippen LogP contribution in [0.2, 0.25) is 0 Å². The maximum atomic E-state index is 12.0. The second kappa shape index (κ2) is 5.86. The van der Waals surface area contributed by atoms with Gasteiger partial charge >= 0.3 is 5.69 Å². The second-order valence-corrected chi connectivity index (χ2v) is 5.51. The zero-order chi connectivity index (χ0) is 14.6. The van der Waals surface area contributed by atoms with E-state index in [9.17, 15) is 14.4 Å². The number of nitrogens with one attached hydrogen (secondary N) is 1. The lowest BCUT2D eigenvalue weighted by molar-refractivity contribution is -0.123. The Labute approximate surface area is 112 Å². The van der Waals surface area contributed by atoms with Gasteiger partial charge in [-0.3, -0.25) is 14.2 Å². The first kappa shape index (κ1) is 15.2. The zero-order valence-electron chi connectivity index (χ0n) is 11.9. The summed E-state index contributed by atoms with van der Waals surface area (Å²) in [5.74, 6) is -0.346. The largest absolute Gasteiger partial charge is 0.350 e. The van der Waals surface area contributed by atoms with Crippen LogP contribution in [0.1, 0.15) is 34.1 Å². The van der Waals surface area contributed by atoms with Crippen LogP contribution in [0.3, 0.4) is 0 Å². The lowest BCUT2D eigenvalue weighted by atomic mass is 10.1. The zero-order valence-corrected chi connectivity index (χ0v) is 11.9. The molecule has 0 spiro atoms. The molecule has 19 heavy (non-hydrogen) atoms. The van der Waals surface area contributed by atoms with Gasteiger partial charge in [0.25, 0.3) is 5.56 Å². The molecule has 0 atom stereocenters. The van der Waals surface area contributed by atoms with E-state index in [0.717, 1.165) is 11.0 Å². The highest BCUT2D eigenvalue weighted by Crippen LogP contribution is 1.97. The van der Waals surface area contributed by atoms with E-state index in [-0.39, 0.29) is 12.5 Å². The van der Waals surface area contributed by atoms with Crippen LogP contribution in [-0.2, 0) is 17.9 Å². The fraction of sp³-hybridized carbons (Fsp3) is 0.615. The third-order valence-electron chi connectivity index (χ3n) is 2.42. The van der Waals surface area contributed by atoms with Gasteiger partial charge in [-0.1, -0.05) is 6.92 Å². The van der Waals surface area contributed by atoms with Crippen molar-refractivity contribution in [3.63, 3.8) is 0 Å². The molecule has 0 bridgehead atoms. The molecule has 106 valence electrons. The van der Waals surface area contributed by atoms with E-state index >= 15 is 0 Å². The number of amides is 1. The van der Waals surface area contributed by atoms with Crippen LogP contribution in [0.4, 0.5) is 0 Å². The number of hydrogen-bond acceptors (Lipinski definition) is 3. The smallest absolute Gasteiger partial charge is 0.331 e. The molecule has 0 saturated heterocycles. The standard InChI is InChI=1S/C13H21N3O3/c1-5-7-15-8-6-11(18)16(12(15)19)9-10(17)14-13(2,3)4/h6,8H,5,7,9H2,1-4H3,(H,14,17). The molecule has 6 nitrogen and oxygen atoms in total. The van der Waals surface area contributed by atoms with Crippen molar-refractivity contribution in [2.24, 2.45) is 0 Å². The minimum atomic E-state index is -0.457. The monoisotopic (exact) mass is 267 g/mol. The molecule has 6 heteroatoms. The van der Waals surface area contributed by atoms with E-state index in [0.29, 0.717) is 6.54 Å². The Kier molecular flexibility index (Phi) is 4.69. The summed E-state index contributed by atoms with van der Waals surface area (Å²) in [5, 5.41) is 2.73. The molecule has 0 radical (unpaired) electrons. The molecule has 0 aliphatic carbocycles. The van der Waals surface area contributed by atoms with Crippen LogP contribution in [-0.4, -0.2) is 20.6 Å². The summed E-state index contributed by atoms with van der Waals surface area (Å²) in [6, 6.07) is 1.31. The second-order valence-electron chi connectivity index (χ2n) is 5.51. The molecule has 1 aromatic heterocycles. The van der Waals surface area contributed by atoms with Gasteiger partial charge in [-0.05, 0) is 27.2 Å². The van der Waals surface area contributed by atoms with Crippen molar-refractivity contribution in [2.45, 2.75) is 52.7 Å². The number of carbonyl (C=O) groups excluding carboxylic acids is 1. The van der Waals surface area contributed by atoms with E-state index in [1.54, 1.807) is 0 Å². The van der Waals surface area contributed by atoms with Crippen LogP contribution in [0.5, 0.6) is 0 Å². The predicted octanol–water partition coefficient (Wildman–Crippen LogP) is 0.335. The van der Waals surface area contributed by atoms with Gasteiger partial charge in [0.2, 0.25) is 5.91 Å². The number of aryl methyl sites for hydroxylation is 1. The maximum absolute atomic E-state index is 12.0. The minimum Gasteiger partial charge on any atom is -0.350 e. The fourth-order valence-electron chi connectivity index (χ4n) is 1.71. The quantitative estimate of drug-likeness (QED) is 0.854. The molecule has 0 aliphatic rings. The topological polar surface area (TPSA) is 73.1 Å². The minimum absolute atomic E-state index is 0.251. The molecule has 1 N–H and O–H groups in total. The summed E-state index contributed by atoms with van der Waals surface area (Å²) >= 11 is 0. The Morgan fingerprint density at radius 3 is 2.47 bits per heavy atom. The van der Waals surface area contributed by atoms with Crippen molar-refractivity contribution >= 4 is 5.91 Å². The highest BCUT2D eigenvalue weighted by atomic mass is 16.2. The summed E-state index contributed by atoms with van der Waals surface area (Å²) in [5.41, 5.74) is -1.29. The average Bonchev–Trinajstić information content (AvgIpc) is 2.26. The van der Waals surface area contributed by atoms with E-state index in [4.69, 9.17) is 0 Å². The molecule has 0 aromatic carbocycles. The highest BCUT2D eigenvalue weighted by Gasteiger charge is 2.15. The predicted molar refractivity (Wildman–Crippen MR) is 73.1 cm³/mol. The highest BCUT2D eigenvalue weighted by molar-refractivity contribution is 5.76. The van der Waals surface area contributed by atoms with Crippen molar-refractivity contribution in [1.82, 2.24) is 14.5 Å². The molecular formula is C13H21N3O3. The van der Waals surface area contributed by atoms with Gasteiger partial charge in [0, 0.05) is 24.3 Å². The number of nitrogens with zero attached hydrogens (tertiary/aromatic N) is 2. The van der Waals surface area contributed by atoms with Gasteiger partial charge in [-0.2, -0.15) is 0 Å². The number of carbonyl (C=O) groups is 1. The first-order valence-corrected chi connectivity index (χ1v) is 6.36.